The van der Waals surface area contributed by atoms with E-state index in [1.807, 2.05) is 0 Å². The minimum Gasteiger partial charge on any atom is -0.306 e. The van der Waals surface area contributed by atoms with Crippen LogP contribution in [0.15, 0.2) is 0 Å². The molecule has 0 bridgehead atoms. The summed E-state index contributed by atoms with van der Waals surface area (Å²) in [6.07, 6.45) is 7.67. The van der Waals surface area contributed by atoms with E-state index in [4.69, 9.17) is 5.10 Å². The van der Waals surface area contributed by atoms with Gasteiger partial charge in [0.05, 0.1) is 5.69 Å². The molecule has 2 aliphatic rings. The van der Waals surface area contributed by atoms with Crippen molar-refractivity contribution in [3.05, 3.63) is 17.0 Å². The second kappa shape index (κ2) is 5.04. The third-order valence-electron chi connectivity index (χ3n) is 4.67. The Morgan fingerprint density at radius 1 is 1.17 bits per heavy atom. The normalized spacial score (nSPS) is 22.1. The Kier molecular flexibility index (Phi) is 3.42. The number of hydrogen-bond donors (Lipinski definition) is 0. The number of nitrogens with zero attached hydrogens (tertiary/aromatic N) is 3. The van der Waals surface area contributed by atoms with E-state index in [0.717, 1.165) is 18.9 Å². The molecule has 0 saturated carbocycles. The Morgan fingerprint density at radius 2 is 1.94 bits per heavy atom. The van der Waals surface area contributed by atoms with Crippen molar-refractivity contribution < 1.29 is 0 Å². The summed E-state index contributed by atoms with van der Waals surface area (Å²) in [5.41, 5.74) is 4.61. The van der Waals surface area contributed by atoms with E-state index in [1.165, 1.54) is 50.9 Å². The molecule has 18 heavy (non-hydrogen) atoms. The highest BCUT2D eigenvalue weighted by molar-refractivity contribution is 5.32. The summed E-state index contributed by atoms with van der Waals surface area (Å²) in [5.74, 6) is 0.776. The summed E-state index contributed by atoms with van der Waals surface area (Å²) < 4.78 is 2.32. The number of aromatic nitrogens is 2. The fourth-order valence-electron chi connectivity index (χ4n) is 3.60. The van der Waals surface area contributed by atoms with Gasteiger partial charge in [0, 0.05) is 12.2 Å². The maximum atomic E-state index is 4.87. The van der Waals surface area contributed by atoms with Gasteiger partial charge in [-0.25, -0.2) is 0 Å². The first-order valence-electron chi connectivity index (χ1n) is 7.56. The van der Waals surface area contributed by atoms with Crippen LogP contribution in [0.5, 0.6) is 0 Å². The molecular weight excluding hydrogens is 222 g/mol. The molecular formula is C15H25N3. The third kappa shape index (κ3) is 2.09. The van der Waals surface area contributed by atoms with E-state index in [9.17, 15) is 0 Å². The van der Waals surface area contributed by atoms with Crippen LogP contribution in [-0.4, -0.2) is 34.8 Å². The first kappa shape index (κ1) is 12.2. The van der Waals surface area contributed by atoms with Crippen molar-refractivity contribution in [3.63, 3.8) is 0 Å². The average molecular weight is 247 g/mol. The van der Waals surface area contributed by atoms with Gasteiger partial charge in [0.1, 0.15) is 0 Å². The highest BCUT2D eigenvalue weighted by Crippen LogP contribution is 2.34. The Hall–Kier alpha value is -0.830. The van der Waals surface area contributed by atoms with Gasteiger partial charge < -0.3 is 4.90 Å². The van der Waals surface area contributed by atoms with E-state index in [1.54, 1.807) is 11.3 Å². The molecule has 100 valence electrons. The fourth-order valence-corrected chi connectivity index (χ4v) is 3.60. The van der Waals surface area contributed by atoms with Gasteiger partial charge in [0.15, 0.2) is 0 Å². The molecule has 3 heterocycles. The van der Waals surface area contributed by atoms with Gasteiger partial charge >= 0.3 is 0 Å². The second-order valence-electron chi connectivity index (χ2n) is 5.92. The smallest absolute Gasteiger partial charge is 0.0659 e. The zero-order valence-corrected chi connectivity index (χ0v) is 11.8. The molecule has 1 fully saturated rings. The number of piperidine rings is 1. The molecule has 0 atom stereocenters. The van der Waals surface area contributed by atoms with Crippen LogP contribution in [0.25, 0.3) is 0 Å². The number of hydrogen-bond acceptors (Lipinski definition) is 2. The molecule has 0 spiro atoms. The Bertz CT molecular complexity index is 414. The summed E-state index contributed by atoms with van der Waals surface area (Å²) in [7, 11) is 2.24. The SMILES string of the molecule is CCc1nn2c(c1C1CCN(C)CC1)CCCC2. The Balaban J connectivity index is 1.92. The van der Waals surface area contributed by atoms with Crippen molar-refractivity contribution in [2.24, 2.45) is 0 Å². The fraction of sp³-hybridized carbons (Fsp3) is 0.800. The standard InChI is InChI=1S/C15H25N3/c1-3-13-15(12-7-10-17(2)11-8-12)14-6-4-5-9-18(14)16-13/h12H,3-11H2,1-2H3. The molecule has 3 nitrogen and oxygen atoms in total. The van der Waals surface area contributed by atoms with Crippen molar-refractivity contribution in [1.29, 1.82) is 0 Å². The summed E-state index contributed by atoms with van der Waals surface area (Å²) in [6.45, 7) is 5.90. The second-order valence-corrected chi connectivity index (χ2v) is 5.92. The predicted molar refractivity (Wildman–Crippen MR) is 74.0 cm³/mol. The lowest BCUT2D eigenvalue weighted by atomic mass is 9.86. The van der Waals surface area contributed by atoms with Gasteiger partial charge in [0.2, 0.25) is 0 Å². The monoisotopic (exact) mass is 247 g/mol. The zero-order valence-electron chi connectivity index (χ0n) is 11.8. The van der Waals surface area contributed by atoms with Crippen molar-refractivity contribution in [1.82, 2.24) is 14.7 Å². The maximum Gasteiger partial charge on any atom is 0.0659 e. The van der Waals surface area contributed by atoms with E-state index in [0.29, 0.717) is 0 Å². The van der Waals surface area contributed by atoms with Crippen LogP contribution in [0.4, 0.5) is 0 Å². The number of likely N-dealkylation sites (tertiary alicyclic amines) is 1. The minimum atomic E-state index is 0.776. The average Bonchev–Trinajstić information content (AvgIpc) is 2.78. The summed E-state index contributed by atoms with van der Waals surface area (Å²) in [6, 6.07) is 0. The predicted octanol–water partition coefficient (Wildman–Crippen LogP) is 2.59. The lowest BCUT2D eigenvalue weighted by Crippen LogP contribution is -2.30. The largest absolute Gasteiger partial charge is 0.306 e. The first-order valence-corrected chi connectivity index (χ1v) is 7.56. The third-order valence-corrected chi connectivity index (χ3v) is 4.67. The quantitative estimate of drug-likeness (QED) is 0.801. The Labute approximate surface area is 110 Å². The highest BCUT2D eigenvalue weighted by Gasteiger charge is 2.27. The topological polar surface area (TPSA) is 21.1 Å². The van der Waals surface area contributed by atoms with Crippen LogP contribution in [0.3, 0.4) is 0 Å². The minimum absolute atomic E-state index is 0.776. The van der Waals surface area contributed by atoms with Gasteiger partial charge in [-0.3, -0.25) is 4.68 Å². The van der Waals surface area contributed by atoms with Crippen LogP contribution in [0.2, 0.25) is 0 Å². The molecule has 0 N–H and O–H groups in total. The van der Waals surface area contributed by atoms with Crippen molar-refractivity contribution in [2.75, 3.05) is 20.1 Å². The van der Waals surface area contributed by atoms with Crippen LogP contribution in [0.1, 0.15) is 55.5 Å². The number of rotatable bonds is 2. The number of aryl methyl sites for hydroxylation is 2. The van der Waals surface area contributed by atoms with E-state index in [-0.39, 0.29) is 0 Å². The van der Waals surface area contributed by atoms with Crippen LogP contribution >= 0.6 is 0 Å². The molecule has 0 unspecified atom stereocenters. The molecule has 1 aromatic heterocycles. The summed E-state index contributed by atoms with van der Waals surface area (Å²) >= 11 is 0. The van der Waals surface area contributed by atoms with Gasteiger partial charge in [-0.15, -0.1) is 0 Å². The molecule has 1 aromatic rings. The molecule has 3 rings (SSSR count). The lowest BCUT2D eigenvalue weighted by Gasteiger charge is -2.30. The highest BCUT2D eigenvalue weighted by atomic mass is 15.3. The van der Waals surface area contributed by atoms with Crippen molar-refractivity contribution >= 4 is 0 Å². The van der Waals surface area contributed by atoms with Gasteiger partial charge in [-0.1, -0.05) is 6.92 Å². The zero-order chi connectivity index (χ0) is 12.5. The molecule has 0 aromatic carbocycles. The van der Waals surface area contributed by atoms with Gasteiger partial charge in [0.25, 0.3) is 0 Å². The first-order chi connectivity index (χ1) is 8.79. The maximum absolute atomic E-state index is 4.87. The van der Waals surface area contributed by atoms with Gasteiger partial charge in [-0.05, 0) is 70.1 Å². The Morgan fingerprint density at radius 3 is 2.67 bits per heavy atom. The summed E-state index contributed by atoms with van der Waals surface area (Å²) in [5, 5.41) is 4.87. The molecule has 0 aliphatic carbocycles. The summed E-state index contributed by atoms with van der Waals surface area (Å²) in [4.78, 5) is 2.46. The van der Waals surface area contributed by atoms with E-state index >= 15 is 0 Å². The molecule has 2 aliphatic heterocycles. The van der Waals surface area contributed by atoms with Crippen LogP contribution in [0, 0.1) is 0 Å². The van der Waals surface area contributed by atoms with Crippen LogP contribution in [-0.2, 0) is 19.4 Å². The molecule has 1 saturated heterocycles. The lowest BCUT2D eigenvalue weighted by molar-refractivity contribution is 0.254. The van der Waals surface area contributed by atoms with E-state index < -0.39 is 0 Å². The molecule has 0 amide bonds. The molecule has 3 heteroatoms. The molecule has 0 radical (unpaired) electrons. The van der Waals surface area contributed by atoms with Crippen LogP contribution < -0.4 is 0 Å². The van der Waals surface area contributed by atoms with Gasteiger partial charge in [-0.2, -0.15) is 5.10 Å². The van der Waals surface area contributed by atoms with E-state index in [2.05, 4.69) is 23.6 Å². The van der Waals surface area contributed by atoms with Crippen molar-refractivity contribution in [3.8, 4) is 0 Å². The van der Waals surface area contributed by atoms with Crippen molar-refractivity contribution in [2.45, 2.75) is 57.9 Å². The number of fused-ring (bicyclic) bond motifs is 1.